The van der Waals surface area contributed by atoms with Crippen LogP contribution in [-0.2, 0) is 0 Å². The lowest BCUT2D eigenvalue weighted by atomic mass is 10.2. The fraction of sp³-hybridized carbons (Fsp3) is 0.538. The van der Waals surface area contributed by atoms with Gasteiger partial charge < -0.3 is 10.7 Å². The number of nitrogens with one attached hydrogen (secondary N) is 2. The molecule has 20 heavy (non-hydrogen) atoms. The Morgan fingerprint density at radius 2 is 2.35 bits per heavy atom. The smallest absolute Gasteiger partial charge is 0.271 e. The molecule has 1 aliphatic carbocycles. The molecule has 4 N–H and O–H groups in total. The molecule has 5 nitrogen and oxygen atoms in total. The number of carbonyl (C=O) groups is 1. The Morgan fingerprint density at radius 3 is 3.05 bits per heavy atom. The van der Waals surface area contributed by atoms with E-state index in [-0.39, 0.29) is 17.6 Å². The number of hydrogen-bond donors (Lipinski definition) is 3. The van der Waals surface area contributed by atoms with Gasteiger partial charge in [-0.2, -0.15) is 11.8 Å². The number of amides is 1. The highest BCUT2D eigenvalue weighted by atomic mass is 35.5. The minimum absolute atomic E-state index is 0.207. The van der Waals surface area contributed by atoms with Gasteiger partial charge in [-0.1, -0.05) is 18.5 Å². The molecule has 0 bridgehead atoms. The summed E-state index contributed by atoms with van der Waals surface area (Å²) in [4.78, 5) is 16.3. The van der Waals surface area contributed by atoms with E-state index in [4.69, 9.17) is 17.4 Å². The average Bonchev–Trinajstić information content (AvgIpc) is 2.87. The van der Waals surface area contributed by atoms with E-state index < -0.39 is 0 Å². The molecule has 1 fully saturated rings. The van der Waals surface area contributed by atoms with Gasteiger partial charge in [-0.25, -0.2) is 10.8 Å². The molecule has 1 heterocycles. The van der Waals surface area contributed by atoms with E-state index in [1.807, 2.05) is 11.8 Å². The third-order valence-corrected chi connectivity index (χ3v) is 4.87. The first-order valence-electron chi connectivity index (χ1n) is 6.69. The van der Waals surface area contributed by atoms with Gasteiger partial charge >= 0.3 is 0 Å². The number of hydrazine groups is 1. The number of anilines is 1. The Kier molecular flexibility index (Phi) is 5.51. The van der Waals surface area contributed by atoms with Crippen molar-refractivity contribution in [3.05, 3.63) is 22.8 Å². The monoisotopic (exact) mass is 314 g/mol. The summed E-state index contributed by atoms with van der Waals surface area (Å²) in [5.74, 6) is 6.59. The first-order valence-corrected chi connectivity index (χ1v) is 8.12. The predicted octanol–water partition coefficient (Wildman–Crippen LogP) is 2.42. The van der Waals surface area contributed by atoms with Crippen LogP contribution in [0.1, 0.15) is 36.7 Å². The maximum Gasteiger partial charge on any atom is 0.271 e. The van der Waals surface area contributed by atoms with Crippen LogP contribution in [0.15, 0.2) is 12.1 Å². The molecule has 1 aromatic heterocycles. The molecule has 2 unspecified atom stereocenters. The van der Waals surface area contributed by atoms with Crippen LogP contribution in [0, 0.1) is 0 Å². The molecule has 1 aromatic rings. The number of nitrogens with zero attached hydrogens (tertiary/aromatic N) is 1. The van der Waals surface area contributed by atoms with Crippen molar-refractivity contribution in [2.75, 3.05) is 11.2 Å². The molecule has 0 radical (unpaired) electrons. The summed E-state index contributed by atoms with van der Waals surface area (Å²) < 4.78 is 0. The van der Waals surface area contributed by atoms with Crippen LogP contribution in [0.3, 0.4) is 0 Å². The van der Waals surface area contributed by atoms with Gasteiger partial charge in [0.2, 0.25) is 0 Å². The minimum Gasteiger partial charge on any atom is -0.348 e. The number of nitrogen functional groups attached to an aromatic ring is 1. The molecule has 2 rings (SSSR count). The van der Waals surface area contributed by atoms with E-state index in [9.17, 15) is 4.79 Å². The third kappa shape index (κ3) is 3.77. The minimum atomic E-state index is -0.237. The van der Waals surface area contributed by atoms with E-state index in [1.54, 1.807) is 12.1 Å². The number of aromatic nitrogens is 1. The Labute approximate surface area is 128 Å². The molecule has 0 spiro atoms. The molecular formula is C13H19ClN4OS. The SMILES string of the molecule is CCSC1CCC(NC(=O)c2nc(NN)ccc2Cl)C1. The Morgan fingerprint density at radius 1 is 1.55 bits per heavy atom. The molecule has 0 saturated heterocycles. The Bertz CT molecular complexity index is 485. The standard InChI is InChI=1S/C13H19ClN4OS/c1-2-20-9-4-3-8(7-9)16-13(19)12-10(14)5-6-11(17-12)18-15/h5-6,8-9H,2-4,7,15H2,1H3,(H,16,19)(H,17,18). The summed E-state index contributed by atoms with van der Waals surface area (Å²) in [7, 11) is 0. The number of carbonyl (C=O) groups excluding carboxylic acids is 1. The summed E-state index contributed by atoms with van der Waals surface area (Å²) in [5, 5.41) is 3.98. The molecule has 7 heteroatoms. The maximum atomic E-state index is 12.2. The first kappa shape index (κ1) is 15.4. The van der Waals surface area contributed by atoms with Crippen molar-refractivity contribution in [3.63, 3.8) is 0 Å². The number of rotatable bonds is 5. The molecule has 1 saturated carbocycles. The molecule has 110 valence electrons. The second-order valence-corrected chi connectivity index (χ2v) is 6.72. The second-order valence-electron chi connectivity index (χ2n) is 4.73. The van der Waals surface area contributed by atoms with E-state index in [2.05, 4.69) is 22.7 Å². The van der Waals surface area contributed by atoms with Gasteiger partial charge in [0.25, 0.3) is 5.91 Å². The Balaban J connectivity index is 1.98. The topological polar surface area (TPSA) is 80.0 Å². The number of nitrogens with two attached hydrogens (primary N) is 1. The summed E-state index contributed by atoms with van der Waals surface area (Å²) in [6.45, 7) is 2.16. The van der Waals surface area contributed by atoms with Gasteiger partial charge in [0.05, 0.1) is 5.02 Å². The van der Waals surface area contributed by atoms with Crippen LogP contribution in [0.5, 0.6) is 0 Å². The number of pyridine rings is 1. The first-order chi connectivity index (χ1) is 9.63. The molecule has 1 amide bonds. The van der Waals surface area contributed by atoms with Crippen LogP contribution in [0.4, 0.5) is 5.82 Å². The van der Waals surface area contributed by atoms with Gasteiger partial charge in [-0.3, -0.25) is 4.79 Å². The fourth-order valence-corrected chi connectivity index (χ4v) is 3.73. The molecule has 2 atom stereocenters. The normalized spacial score (nSPS) is 21.8. The van der Waals surface area contributed by atoms with Gasteiger partial charge in [-0.05, 0) is 37.1 Å². The number of hydrogen-bond acceptors (Lipinski definition) is 5. The summed E-state index contributed by atoms with van der Waals surface area (Å²) in [6, 6.07) is 3.45. The summed E-state index contributed by atoms with van der Waals surface area (Å²) in [6.07, 6.45) is 3.17. The number of thioether (sulfide) groups is 1. The van der Waals surface area contributed by atoms with Crippen molar-refractivity contribution in [3.8, 4) is 0 Å². The van der Waals surface area contributed by atoms with Crippen molar-refractivity contribution < 1.29 is 4.79 Å². The lowest BCUT2D eigenvalue weighted by Gasteiger charge is -2.13. The fourth-order valence-electron chi connectivity index (χ4n) is 2.39. The van der Waals surface area contributed by atoms with Crippen LogP contribution in [-0.4, -0.2) is 27.9 Å². The molecule has 1 aliphatic rings. The quantitative estimate of drug-likeness (QED) is 0.574. The second kappa shape index (κ2) is 7.15. The van der Waals surface area contributed by atoms with Crippen molar-refractivity contribution in [2.24, 2.45) is 5.84 Å². The van der Waals surface area contributed by atoms with Gasteiger partial charge in [0.1, 0.15) is 11.5 Å². The van der Waals surface area contributed by atoms with Crippen LogP contribution >= 0.6 is 23.4 Å². The maximum absolute atomic E-state index is 12.2. The lowest BCUT2D eigenvalue weighted by molar-refractivity contribution is 0.0933. The summed E-state index contributed by atoms with van der Waals surface area (Å²) in [5.41, 5.74) is 2.63. The van der Waals surface area contributed by atoms with Crippen molar-refractivity contribution in [2.45, 2.75) is 37.5 Å². The zero-order valence-corrected chi connectivity index (χ0v) is 12.9. The van der Waals surface area contributed by atoms with E-state index in [0.29, 0.717) is 16.1 Å². The highest BCUT2D eigenvalue weighted by Gasteiger charge is 2.27. The van der Waals surface area contributed by atoms with E-state index in [0.717, 1.165) is 25.0 Å². The van der Waals surface area contributed by atoms with Crippen LogP contribution in [0.25, 0.3) is 0 Å². The van der Waals surface area contributed by atoms with Crippen molar-refractivity contribution in [1.82, 2.24) is 10.3 Å². The number of halogens is 1. The summed E-state index contributed by atoms with van der Waals surface area (Å²) >= 11 is 7.97. The highest BCUT2D eigenvalue weighted by molar-refractivity contribution is 7.99. The molecule has 0 aliphatic heterocycles. The van der Waals surface area contributed by atoms with E-state index >= 15 is 0 Å². The van der Waals surface area contributed by atoms with Crippen molar-refractivity contribution >= 4 is 35.1 Å². The molecule has 0 aromatic carbocycles. The predicted molar refractivity (Wildman–Crippen MR) is 84.1 cm³/mol. The van der Waals surface area contributed by atoms with E-state index in [1.165, 1.54) is 0 Å². The van der Waals surface area contributed by atoms with Crippen LogP contribution in [0.2, 0.25) is 5.02 Å². The largest absolute Gasteiger partial charge is 0.348 e. The lowest BCUT2D eigenvalue weighted by Crippen LogP contribution is -2.34. The zero-order valence-electron chi connectivity index (χ0n) is 11.4. The van der Waals surface area contributed by atoms with Gasteiger partial charge in [-0.15, -0.1) is 0 Å². The Hall–Kier alpha value is -0.980. The third-order valence-electron chi connectivity index (χ3n) is 3.33. The van der Waals surface area contributed by atoms with Crippen LogP contribution < -0.4 is 16.6 Å². The highest BCUT2D eigenvalue weighted by Crippen LogP contribution is 2.30. The van der Waals surface area contributed by atoms with Crippen molar-refractivity contribution in [1.29, 1.82) is 0 Å². The molecular weight excluding hydrogens is 296 g/mol. The van der Waals surface area contributed by atoms with Gasteiger partial charge in [0, 0.05) is 11.3 Å². The zero-order chi connectivity index (χ0) is 14.5. The van der Waals surface area contributed by atoms with Gasteiger partial charge in [0.15, 0.2) is 0 Å². The average molecular weight is 315 g/mol.